The average Bonchev–Trinajstić information content (AvgIpc) is 3.47. The minimum atomic E-state index is 0.220. The van der Waals surface area contributed by atoms with Gasteiger partial charge in [0.1, 0.15) is 0 Å². The number of ether oxygens (including phenoxy) is 2. The van der Waals surface area contributed by atoms with Crippen molar-refractivity contribution in [2.24, 2.45) is 0 Å². The van der Waals surface area contributed by atoms with Crippen LogP contribution in [0, 0.1) is 0 Å². The maximum absolute atomic E-state index is 12.4. The Balaban J connectivity index is 1.53. The normalized spacial score (nSPS) is 16.6. The second-order valence-electron chi connectivity index (χ2n) is 8.94. The molecule has 33 heavy (non-hydrogen) atoms. The number of fused-ring (bicyclic) bond motifs is 1. The van der Waals surface area contributed by atoms with Crippen molar-refractivity contribution in [2.75, 3.05) is 12.0 Å². The van der Waals surface area contributed by atoms with Crippen LogP contribution < -0.4 is 14.4 Å². The molecule has 0 bridgehead atoms. The van der Waals surface area contributed by atoms with Crippen LogP contribution in [0.15, 0.2) is 65.9 Å². The number of Topliss-reactive ketones (excluding diaryl/α,β-unsaturated/α-hetero) is 1. The summed E-state index contributed by atoms with van der Waals surface area (Å²) >= 11 is 0. The molecular formula is C28H30N2O3. The zero-order valence-electron chi connectivity index (χ0n) is 19.3. The number of allylic oxidation sites excluding steroid dienone is 2. The zero-order chi connectivity index (χ0) is 22.8. The van der Waals surface area contributed by atoms with Crippen molar-refractivity contribution in [3.8, 4) is 11.5 Å². The van der Waals surface area contributed by atoms with Gasteiger partial charge in [-0.1, -0.05) is 24.3 Å². The summed E-state index contributed by atoms with van der Waals surface area (Å²) in [5.41, 5.74) is 4.82. The van der Waals surface area contributed by atoms with E-state index in [1.165, 1.54) is 12.8 Å². The van der Waals surface area contributed by atoms with Crippen molar-refractivity contribution in [1.29, 1.82) is 0 Å². The molecule has 2 aromatic carbocycles. The van der Waals surface area contributed by atoms with Gasteiger partial charge in [0.2, 0.25) is 0 Å². The van der Waals surface area contributed by atoms with E-state index in [1.807, 2.05) is 37.3 Å². The SMILES string of the molecule is COc1ccc(N(Cc2ccc3ccccc3n2)C2=C(C)C(=O)CC2)cc1OC1CCCC1. The van der Waals surface area contributed by atoms with Gasteiger partial charge in [0.15, 0.2) is 17.3 Å². The number of benzene rings is 2. The lowest BCUT2D eigenvalue weighted by Gasteiger charge is -2.28. The van der Waals surface area contributed by atoms with E-state index < -0.39 is 0 Å². The van der Waals surface area contributed by atoms with Crippen LogP contribution in [0.1, 0.15) is 51.1 Å². The Bertz CT molecular complexity index is 1210. The van der Waals surface area contributed by atoms with Gasteiger partial charge in [0.05, 0.1) is 31.0 Å². The summed E-state index contributed by atoms with van der Waals surface area (Å²) in [6, 6.07) is 18.4. The number of anilines is 1. The minimum absolute atomic E-state index is 0.220. The number of aromatic nitrogens is 1. The Morgan fingerprint density at radius 3 is 2.58 bits per heavy atom. The maximum Gasteiger partial charge on any atom is 0.163 e. The first kappa shape index (κ1) is 21.5. The van der Waals surface area contributed by atoms with Gasteiger partial charge >= 0.3 is 0 Å². The molecule has 1 saturated carbocycles. The fourth-order valence-corrected chi connectivity index (χ4v) is 4.92. The molecule has 0 unspecified atom stereocenters. The second kappa shape index (κ2) is 9.26. The standard InChI is InChI=1S/C28H30N2O3/c1-19-25(14-15-26(19)31)30(18-21-12-11-20-7-3-6-10-24(20)29-21)22-13-16-27(32-2)28(17-22)33-23-8-4-5-9-23/h3,6-7,10-13,16-17,23H,4-5,8-9,14-15,18H2,1-2H3. The van der Waals surface area contributed by atoms with Gasteiger partial charge in [-0.2, -0.15) is 0 Å². The molecule has 170 valence electrons. The number of ketones is 1. The molecule has 0 aliphatic heterocycles. The smallest absolute Gasteiger partial charge is 0.163 e. The number of methoxy groups -OCH3 is 1. The largest absolute Gasteiger partial charge is 0.493 e. The van der Waals surface area contributed by atoms with Gasteiger partial charge in [0.25, 0.3) is 0 Å². The van der Waals surface area contributed by atoms with E-state index in [9.17, 15) is 4.79 Å². The third-order valence-electron chi connectivity index (χ3n) is 6.80. The minimum Gasteiger partial charge on any atom is -0.493 e. The zero-order valence-corrected chi connectivity index (χ0v) is 19.3. The van der Waals surface area contributed by atoms with Gasteiger partial charge in [-0.3, -0.25) is 9.78 Å². The summed E-state index contributed by atoms with van der Waals surface area (Å²) in [5, 5.41) is 1.12. The number of para-hydroxylation sites is 1. The van der Waals surface area contributed by atoms with E-state index in [-0.39, 0.29) is 11.9 Å². The molecule has 3 aromatic rings. The number of carbonyl (C=O) groups excluding carboxylic acids is 1. The van der Waals surface area contributed by atoms with Crippen LogP contribution in [0.5, 0.6) is 11.5 Å². The number of rotatable bonds is 7. The lowest BCUT2D eigenvalue weighted by atomic mass is 10.1. The van der Waals surface area contributed by atoms with Crippen LogP contribution in [0.25, 0.3) is 10.9 Å². The van der Waals surface area contributed by atoms with E-state index in [0.29, 0.717) is 13.0 Å². The summed E-state index contributed by atoms with van der Waals surface area (Å²) in [5.74, 6) is 1.72. The van der Waals surface area contributed by atoms with E-state index >= 15 is 0 Å². The number of carbonyl (C=O) groups is 1. The van der Waals surface area contributed by atoms with Gasteiger partial charge in [-0.15, -0.1) is 0 Å². The number of pyridine rings is 1. The molecule has 2 aliphatic carbocycles. The van der Waals surface area contributed by atoms with Crippen LogP contribution in [-0.2, 0) is 11.3 Å². The Labute approximate surface area is 195 Å². The topological polar surface area (TPSA) is 51.7 Å². The highest BCUT2D eigenvalue weighted by Gasteiger charge is 2.26. The predicted octanol–water partition coefficient (Wildman–Crippen LogP) is 6.21. The Hall–Kier alpha value is -3.34. The van der Waals surface area contributed by atoms with Crippen molar-refractivity contribution in [3.05, 3.63) is 71.6 Å². The predicted molar refractivity (Wildman–Crippen MR) is 131 cm³/mol. The molecule has 0 saturated heterocycles. The highest BCUT2D eigenvalue weighted by molar-refractivity contribution is 5.99. The monoisotopic (exact) mass is 442 g/mol. The quantitative estimate of drug-likeness (QED) is 0.435. The molecular weight excluding hydrogens is 412 g/mol. The van der Waals surface area contributed by atoms with Crippen molar-refractivity contribution in [2.45, 2.75) is 58.1 Å². The van der Waals surface area contributed by atoms with Gasteiger partial charge in [-0.05, 0) is 63.3 Å². The average molecular weight is 443 g/mol. The molecule has 0 amide bonds. The maximum atomic E-state index is 12.4. The molecule has 2 aliphatic rings. The molecule has 5 heteroatoms. The highest BCUT2D eigenvalue weighted by atomic mass is 16.5. The number of hydrogen-bond acceptors (Lipinski definition) is 5. The van der Waals surface area contributed by atoms with Crippen molar-refractivity contribution < 1.29 is 14.3 Å². The van der Waals surface area contributed by atoms with E-state index in [2.05, 4.69) is 29.2 Å². The first-order chi connectivity index (χ1) is 16.1. The molecule has 1 heterocycles. The fraction of sp³-hybridized carbons (Fsp3) is 0.357. The first-order valence-electron chi connectivity index (χ1n) is 11.8. The van der Waals surface area contributed by atoms with Gasteiger partial charge < -0.3 is 14.4 Å². The van der Waals surface area contributed by atoms with Crippen LogP contribution in [0.2, 0.25) is 0 Å². The van der Waals surface area contributed by atoms with Crippen LogP contribution in [0.3, 0.4) is 0 Å². The van der Waals surface area contributed by atoms with Crippen LogP contribution in [0.4, 0.5) is 5.69 Å². The highest BCUT2D eigenvalue weighted by Crippen LogP contribution is 2.38. The molecule has 5 nitrogen and oxygen atoms in total. The van der Waals surface area contributed by atoms with Crippen LogP contribution in [-0.4, -0.2) is 24.0 Å². The van der Waals surface area contributed by atoms with Crippen molar-refractivity contribution >= 4 is 22.4 Å². The summed E-state index contributed by atoms with van der Waals surface area (Å²) in [7, 11) is 1.68. The molecule has 1 aromatic heterocycles. The molecule has 0 radical (unpaired) electrons. The summed E-state index contributed by atoms with van der Waals surface area (Å²) < 4.78 is 12.0. The van der Waals surface area contributed by atoms with E-state index in [4.69, 9.17) is 14.5 Å². The Morgan fingerprint density at radius 2 is 1.82 bits per heavy atom. The number of hydrogen-bond donors (Lipinski definition) is 0. The Kier molecular flexibility index (Phi) is 6.03. The molecule has 0 atom stereocenters. The summed E-state index contributed by atoms with van der Waals surface area (Å²) in [6.45, 7) is 2.52. The molecule has 0 N–H and O–H groups in total. The molecule has 0 spiro atoms. The number of nitrogens with zero attached hydrogens (tertiary/aromatic N) is 2. The van der Waals surface area contributed by atoms with E-state index in [0.717, 1.165) is 64.3 Å². The van der Waals surface area contributed by atoms with Gasteiger partial charge in [0, 0.05) is 34.8 Å². The summed E-state index contributed by atoms with van der Waals surface area (Å²) in [6.07, 6.45) is 6.11. The lowest BCUT2D eigenvalue weighted by molar-refractivity contribution is -0.114. The second-order valence-corrected chi connectivity index (χ2v) is 8.94. The Morgan fingerprint density at radius 1 is 1.00 bits per heavy atom. The van der Waals surface area contributed by atoms with Crippen LogP contribution >= 0.6 is 0 Å². The fourth-order valence-electron chi connectivity index (χ4n) is 4.92. The first-order valence-corrected chi connectivity index (χ1v) is 11.8. The lowest BCUT2D eigenvalue weighted by Crippen LogP contribution is -2.23. The third-order valence-corrected chi connectivity index (χ3v) is 6.80. The van der Waals surface area contributed by atoms with Crippen molar-refractivity contribution in [3.63, 3.8) is 0 Å². The summed E-state index contributed by atoms with van der Waals surface area (Å²) in [4.78, 5) is 19.5. The third kappa shape index (κ3) is 4.45. The van der Waals surface area contributed by atoms with Crippen molar-refractivity contribution in [1.82, 2.24) is 4.98 Å². The van der Waals surface area contributed by atoms with Gasteiger partial charge in [-0.25, -0.2) is 0 Å². The molecule has 5 rings (SSSR count). The van der Waals surface area contributed by atoms with E-state index in [1.54, 1.807) is 7.11 Å². The molecule has 1 fully saturated rings.